The lowest BCUT2D eigenvalue weighted by Crippen LogP contribution is -2.54. The molecular formula is C26H25ClFN3O2S. The zero-order valence-electron chi connectivity index (χ0n) is 18.7. The Morgan fingerprint density at radius 3 is 2.91 bits per heavy atom. The minimum absolute atomic E-state index is 0.0719. The van der Waals surface area contributed by atoms with Crippen LogP contribution in [0.5, 0.6) is 5.75 Å². The molecule has 2 aliphatic rings. The quantitative estimate of drug-likeness (QED) is 0.449. The predicted molar refractivity (Wildman–Crippen MR) is 136 cm³/mol. The summed E-state index contributed by atoms with van der Waals surface area (Å²) in [6, 6.07) is 10.9. The molecule has 1 N–H and O–H groups in total. The standard InChI is InChI=1S/C26H25ClFN3O2S/c1-3-16-14-30(22(33)4-2)9-10-31(16)26-20-13-21(27)23(24(28)25(20)29-34-26)19-12-17(32)11-15-7-5-6-8-18(15)19/h4-8,11-13,16,23-24,32H,2-3,9-10,14H2,1H3/t16-,23?,24?/m1/s1. The van der Waals surface area contributed by atoms with E-state index in [1.807, 2.05) is 30.3 Å². The lowest BCUT2D eigenvalue weighted by Gasteiger charge is -2.42. The smallest absolute Gasteiger partial charge is 0.246 e. The van der Waals surface area contributed by atoms with E-state index in [-0.39, 0.29) is 17.7 Å². The van der Waals surface area contributed by atoms with Crippen molar-refractivity contribution in [2.24, 2.45) is 0 Å². The summed E-state index contributed by atoms with van der Waals surface area (Å²) in [7, 11) is 0. The Kier molecular flexibility index (Phi) is 6.08. The molecule has 1 saturated heterocycles. The highest BCUT2D eigenvalue weighted by molar-refractivity contribution is 7.10. The largest absolute Gasteiger partial charge is 0.508 e. The first-order valence-corrected chi connectivity index (χ1v) is 12.5. The van der Waals surface area contributed by atoms with Crippen LogP contribution in [0.15, 0.2) is 54.1 Å². The third kappa shape index (κ3) is 3.77. The number of fused-ring (bicyclic) bond motifs is 2. The lowest BCUT2D eigenvalue weighted by atomic mass is 9.83. The molecule has 3 aromatic rings. The van der Waals surface area contributed by atoms with Crippen molar-refractivity contribution in [2.75, 3.05) is 24.5 Å². The van der Waals surface area contributed by atoms with Crippen LogP contribution in [0.2, 0.25) is 0 Å². The van der Waals surface area contributed by atoms with E-state index in [0.717, 1.165) is 22.2 Å². The highest BCUT2D eigenvalue weighted by Gasteiger charge is 2.39. The number of halogens is 2. The van der Waals surface area contributed by atoms with Crippen LogP contribution in [0.25, 0.3) is 16.8 Å². The van der Waals surface area contributed by atoms with Crippen molar-refractivity contribution in [2.45, 2.75) is 31.5 Å². The van der Waals surface area contributed by atoms with Crippen LogP contribution in [0.1, 0.15) is 42.3 Å². The first kappa shape index (κ1) is 22.9. The predicted octanol–water partition coefficient (Wildman–Crippen LogP) is 6.00. The molecule has 1 aromatic heterocycles. The molecule has 1 aliphatic carbocycles. The lowest BCUT2D eigenvalue weighted by molar-refractivity contribution is -0.126. The molecule has 0 saturated carbocycles. The van der Waals surface area contributed by atoms with Gasteiger partial charge in [-0.15, -0.1) is 0 Å². The second kappa shape index (κ2) is 9.04. The van der Waals surface area contributed by atoms with Gasteiger partial charge in [-0.05, 0) is 58.6 Å². The minimum Gasteiger partial charge on any atom is -0.508 e. The van der Waals surface area contributed by atoms with Gasteiger partial charge >= 0.3 is 0 Å². The molecule has 2 unspecified atom stereocenters. The topological polar surface area (TPSA) is 56.7 Å². The van der Waals surface area contributed by atoms with E-state index < -0.39 is 12.1 Å². The number of anilines is 1. The summed E-state index contributed by atoms with van der Waals surface area (Å²) < 4.78 is 20.6. The highest BCUT2D eigenvalue weighted by atomic mass is 35.5. The molecule has 3 atom stereocenters. The molecule has 8 heteroatoms. The molecule has 1 amide bonds. The molecule has 34 heavy (non-hydrogen) atoms. The first-order chi connectivity index (χ1) is 16.4. The summed E-state index contributed by atoms with van der Waals surface area (Å²) in [5, 5.41) is 13.2. The number of amides is 1. The number of phenols is 1. The maximum absolute atomic E-state index is 16.1. The van der Waals surface area contributed by atoms with Gasteiger partial charge in [-0.2, -0.15) is 4.37 Å². The van der Waals surface area contributed by atoms with Crippen molar-refractivity contribution >= 4 is 50.9 Å². The van der Waals surface area contributed by atoms with Crippen molar-refractivity contribution in [1.82, 2.24) is 9.27 Å². The molecule has 5 rings (SSSR count). The molecule has 0 bridgehead atoms. The van der Waals surface area contributed by atoms with E-state index in [4.69, 9.17) is 11.6 Å². The second-order valence-electron chi connectivity index (χ2n) is 8.70. The highest BCUT2D eigenvalue weighted by Crippen LogP contribution is 2.52. The number of aromatic nitrogens is 1. The van der Waals surface area contributed by atoms with E-state index in [2.05, 4.69) is 22.8 Å². The number of rotatable bonds is 4. The molecule has 2 heterocycles. The summed E-state index contributed by atoms with van der Waals surface area (Å²) in [5.41, 5.74) is 1.74. The van der Waals surface area contributed by atoms with Crippen molar-refractivity contribution < 1.29 is 14.3 Å². The number of alkyl halides is 1. The van der Waals surface area contributed by atoms with Crippen LogP contribution in [0, 0.1) is 0 Å². The minimum atomic E-state index is -1.44. The maximum atomic E-state index is 16.1. The molecule has 5 nitrogen and oxygen atoms in total. The monoisotopic (exact) mass is 497 g/mol. The van der Waals surface area contributed by atoms with Crippen LogP contribution in [0.4, 0.5) is 9.39 Å². The number of carbonyl (C=O) groups excluding carboxylic acids is 1. The van der Waals surface area contributed by atoms with E-state index in [9.17, 15) is 9.90 Å². The van der Waals surface area contributed by atoms with E-state index in [0.29, 0.717) is 41.5 Å². The van der Waals surface area contributed by atoms with Gasteiger partial charge in [0.2, 0.25) is 5.91 Å². The van der Waals surface area contributed by atoms with E-state index in [1.165, 1.54) is 17.6 Å². The van der Waals surface area contributed by atoms with Gasteiger partial charge < -0.3 is 14.9 Å². The third-order valence-electron chi connectivity index (χ3n) is 6.78. The summed E-state index contributed by atoms with van der Waals surface area (Å²) >= 11 is 8.02. The van der Waals surface area contributed by atoms with Gasteiger partial charge in [0.15, 0.2) is 6.17 Å². The zero-order chi connectivity index (χ0) is 24.0. The molecule has 2 aromatic carbocycles. The fourth-order valence-corrected chi connectivity index (χ4v) is 6.38. The average molecular weight is 498 g/mol. The van der Waals surface area contributed by atoms with Gasteiger partial charge in [-0.3, -0.25) is 4.79 Å². The Morgan fingerprint density at radius 2 is 2.15 bits per heavy atom. The van der Waals surface area contributed by atoms with Crippen LogP contribution in [0.3, 0.4) is 0 Å². The Morgan fingerprint density at radius 1 is 1.35 bits per heavy atom. The molecule has 1 fully saturated rings. The van der Waals surface area contributed by atoms with Gasteiger partial charge in [0.05, 0.1) is 11.6 Å². The number of allylic oxidation sites excluding steroid dienone is 1. The van der Waals surface area contributed by atoms with Gasteiger partial charge in [0.1, 0.15) is 10.8 Å². The van der Waals surface area contributed by atoms with Gasteiger partial charge in [0.25, 0.3) is 0 Å². The normalized spacial score (nSPS) is 22.4. The van der Waals surface area contributed by atoms with Crippen LogP contribution in [-0.4, -0.2) is 46.0 Å². The van der Waals surface area contributed by atoms with Crippen LogP contribution < -0.4 is 4.90 Å². The average Bonchev–Trinajstić information content (AvgIpc) is 3.26. The fourth-order valence-electron chi connectivity index (χ4n) is 5.06. The maximum Gasteiger partial charge on any atom is 0.246 e. The number of piperazine rings is 1. The second-order valence-corrected chi connectivity index (χ2v) is 9.88. The molecule has 0 spiro atoms. The van der Waals surface area contributed by atoms with Crippen molar-refractivity contribution in [3.63, 3.8) is 0 Å². The number of hydrogen-bond donors (Lipinski definition) is 1. The molecular weight excluding hydrogens is 473 g/mol. The third-order valence-corrected chi connectivity index (χ3v) is 8.04. The first-order valence-electron chi connectivity index (χ1n) is 11.3. The number of phenolic OH excluding ortho intramolecular Hbond substituents is 1. The molecule has 1 aliphatic heterocycles. The Bertz CT molecular complexity index is 1310. The number of carbonyl (C=O) groups is 1. The number of hydrogen-bond acceptors (Lipinski definition) is 5. The number of nitrogens with zero attached hydrogens (tertiary/aromatic N) is 3. The molecule has 176 valence electrons. The SMILES string of the molecule is C=CC(=O)N1CCN(c2snc3c2C=C(Cl)C(c2cc(O)cc4ccccc24)C3F)[C@H](CC)C1. The Labute approximate surface area is 206 Å². The van der Waals surface area contributed by atoms with E-state index >= 15 is 4.39 Å². The fraction of sp³-hybridized carbons (Fsp3) is 0.308. The number of benzene rings is 2. The van der Waals surface area contributed by atoms with Gasteiger partial charge in [0, 0.05) is 36.3 Å². The van der Waals surface area contributed by atoms with Crippen LogP contribution >= 0.6 is 23.1 Å². The zero-order valence-corrected chi connectivity index (χ0v) is 20.3. The van der Waals surface area contributed by atoms with Crippen molar-refractivity contribution in [3.8, 4) is 5.75 Å². The number of aromatic hydroxyl groups is 1. The summed E-state index contributed by atoms with van der Waals surface area (Å²) in [4.78, 5) is 16.1. The van der Waals surface area contributed by atoms with Crippen LogP contribution in [-0.2, 0) is 4.79 Å². The van der Waals surface area contributed by atoms with Crippen molar-refractivity contribution in [1.29, 1.82) is 0 Å². The Hall–Kier alpha value is -2.90. The van der Waals surface area contributed by atoms with Crippen molar-refractivity contribution in [3.05, 3.63) is 70.9 Å². The Balaban J connectivity index is 1.52. The van der Waals surface area contributed by atoms with Gasteiger partial charge in [-0.25, -0.2) is 4.39 Å². The van der Waals surface area contributed by atoms with Gasteiger partial charge in [-0.1, -0.05) is 49.4 Å². The summed E-state index contributed by atoms with van der Waals surface area (Å²) in [6.45, 7) is 7.47. The summed E-state index contributed by atoms with van der Waals surface area (Å²) in [5.74, 6) is -0.740. The van der Waals surface area contributed by atoms with E-state index in [1.54, 1.807) is 17.0 Å². The summed E-state index contributed by atoms with van der Waals surface area (Å²) in [6.07, 6.45) is 2.57. The molecule has 0 radical (unpaired) electrons.